The predicted octanol–water partition coefficient (Wildman–Crippen LogP) is 1.10. The molecule has 356 valence electrons. The van der Waals surface area contributed by atoms with Crippen LogP contribution >= 0.6 is 11.6 Å². The van der Waals surface area contributed by atoms with Crippen LogP contribution in [0.5, 0.6) is 0 Å². The molecule has 0 fully saturated rings. The number of benzene rings is 1. The van der Waals surface area contributed by atoms with Gasteiger partial charge in [-0.1, -0.05) is 30.5 Å². The van der Waals surface area contributed by atoms with Crippen LogP contribution in [-0.2, 0) is 42.7 Å². The Bertz CT molecular complexity index is 1460. The summed E-state index contributed by atoms with van der Waals surface area (Å²) < 4.78 is 37.0. The van der Waals surface area contributed by atoms with Crippen LogP contribution < -0.4 is 21.3 Å². The zero-order chi connectivity index (χ0) is 46.4. The Kier molecular flexibility index (Phi) is 28.8. The number of carbonyl (C=O) groups is 5. The maximum absolute atomic E-state index is 12.4. The number of carboxylic acid groups (broad SMARTS) is 1. The second-order valence-corrected chi connectivity index (χ2v) is 15.4. The number of carbonyl (C=O) groups excluding carboxylic acids is 4. The minimum atomic E-state index is -2.84. The molecule has 9 N–H and O–H groups in total. The first-order chi connectivity index (χ1) is 29.3. The normalized spacial score (nSPS) is 14.4. The number of rotatable bonds is 34. The average Bonchev–Trinajstić information content (AvgIpc) is 3.19. The van der Waals surface area contributed by atoms with E-state index in [1.165, 1.54) is 12.1 Å². The number of halogens is 1. The van der Waals surface area contributed by atoms with Crippen LogP contribution in [0.3, 0.4) is 0 Å². The molecule has 22 heteroatoms. The molecule has 1 aromatic rings. The molecule has 0 saturated carbocycles. The summed E-state index contributed by atoms with van der Waals surface area (Å²) in [5.41, 5.74) is -0.337. The number of hydrogen-bond donors (Lipinski definition) is 9. The molecule has 0 unspecified atom stereocenters. The van der Waals surface area contributed by atoms with Crippen LogP contribution in [0.2, 0.25) is 5.02 Å². The van der Waals surface area contributed by atoms with E-state index in [0.717, 1.165) is 6.92 Å². The van der Waals surface area contributed by atoms with Gasteiger partial charge in [0.2, 0.25) is 5.91 Å². The highest BCUT2D eigenvalue weighted by Crippen LogP contribution is 2.21. The molecule has 0 saturated heterocycles. The van der Waals surface area contributed by atoms with Gasteiger partial charge in [-0.3, -0.25) is 9.59 Å². The first kappa shape index (κ1) is 56.1. The third-order valence-electron chi connectivity index (χ3n) is 8.34. The first-order valence-electron chi connectivity index (χ1n) is 20.5. The van der Waals surface area contributed by atoms with Crippen molar-refractivity contribution in [2.45, 2.75) is 102 Å². The van der Waals surface area contributed by atoms with E-state index in [1.807, 2.05) is 0 Å². The van der Waals surface area contributed by atoms with Crippen LogP contribution in [0, 0.1) is 0 Å². The molecule has 4 amide bonds. The second-order valence-electron chi connectivity index (χ2n) is 15.0. The van der Waals surface area contributed by atoms with Gasteiger partial charge >= 0.3 is 18.2 Å². The number of carboxylic acids is 1. The Morgan fingerprint density at radius 3 is 1.87 bits per heavy atom. The molecule has 0 aromatic heterocycles. The summed E-state index contributed by atoms with van der Waals surface area (Å²) in [5.74, 6) is -5.83. The number of aliphatic carboxylic acids is 1. The molecule has 1 rings (SSSR count). The van der Waals surface area contributed by atoms with Gasteiger partial charge in [0, 0.05) is 43.6 Å². The number of aliphatic hydroxyl groups is 4. The Hall–Kier alpha value is -3.90. The van der Waals surface area contributed by atoms with E-state index < -0.39 is 85.1 Å². The summed E-state index contributed by atoms with van der Waals surface area (Å²) in [6.45, 7) is 9.20. The molecular formula is C40H67ClN4O17. The van der Waals surface area contributed by atoms with Crippen molar-refractivity contribution in [2.24, 2.45) is 0 Å². The van der Waals surface area contributed by atoms with Crippen molar-refractivity contribution < 1.29 is 82.7 Å². The lowest BCUT2D eigenvalue weighted by molar-refractivity contribution is -0.234. The Balaban J connectivity index is 2.16. The van der Waals surface area contributed by atoms with Crippen molar-refractivity contribution >= 4 is 41.6 Å². The molecule has 0 heterocycles. The molecule has 0 spiro atoms. The third kappa shape index (κ3) is 27.9. The second kappa shape index (κ2) is 31.9. The van der Waals surface area contributed by atoms with Gasteiger partial charge < -0.3 is 80.0 Å². The Labute approximate surface area is 367 Å². The molecule has 62 heavy (non-hydrogen) atoms. The number of nitrogens with one attached hydrogen (secondary N) is 4. The van der Waals surface area contributed by atoms with Crippen molar-refractivity contribution in [3.63, 3.8) is 0 Å². The predicted molar refractivity (Wildman–Crippen MR) is 223 cm³/mol. The minimum absolute atomic E-state index is 0.0417. The molecule has 0 aliphatic carbocycles. The zero-order valence-electron chi connectivity index (χ0n) is 36.1. The van der Waals surface area contributed by atoms with E-state index in [9.17, 15) is 49.5 Å². The molecule has 0 aliphatic rings. The highest BCUT2D eigenvalue weighted by atomic mass is 35.5. The zero-order valence-corrected chi connectivity index (χ0v) is 36.8. The van der Waals surface area contributed by atoms with Crippen molar-refractivity contribution in [1.82, 2.24) is 21.3 Å². The lowest BCUT2D eigenvalue weighted by Crippen LogP contribution is -2.52. The van der Waals surface area contributed by atoms with Gasteiger partial charge in [-0.25, -0.2) is 14.4 Å². The van der Waals surface area contributed by atoms with E-state index in [1.54, 1.807) is 32.9 Å². The van der Waals surface area contributed by atoms with Gasteiger partial charge in [-0.05, 0) is 58.2 Å². The number of amides is 4. The van der Waals surface area contributed by atoms with Gasteiger partial charge in [0.1, 0.15) is 12.2 Å². The van der Waals surface area contributed by atoms with E-state index in [2.05, 4.69) is 21.3 Å². The summed E-state index contributed by atoms with van der Waals surface area (Å²) >= 11 is 5.89. The van der Waals surface area contributed by atoms with Crippen molar-refractivity contribution in [3.8, 4) is 0 Å². The molecule has 21 nitrogen and oxygen atoms in total. The van der Waals surface area contributed by atoms with Crippen molar-refractivity contribution in [1.29, 1.82) is 0 Å². The molecule has 0 aliphatic heterocycles. The Morgan fingerprint density at radius 1 is 0.710 bits per heavy atom. The van der Waals surface area contributed by atoms with Crippen LogP contribution in [0.1, 0.15) is 76.6 Å². The van der Waals surface area contributed by atoms with Gasteiger partial charge in [-0.2, -0.15) is 0 Å². The summed E-state index contributed by atoms with van der Waals surface area (Å²) in [7, 11) is 0. The fourth-order valence-corrected chi connectivity index (χ4v) is 5.44. The SMILES string of the molecule is CC(=O)N[C@@H](C[C@H](O)[C@H](O)CNC(=O)c1cccc(Cl)c1)[C@@H](O)C[C@](O)(OCCCCCCNC(=O)OCCOCCOCCOCCOCCNC(=O)OC(C)(C)C)C(=O)O. The lowest BCUT2D eigenvalue weighted by atomic mass is 9.95. The van der Waals surface area contributed by atoms with E-state index >= 15 is 0 Å². The van der Waals surface area contributed by atoms with Crippen molar-refractivity contribution in [2.75, 3.05) is 85.7 Å². The molecule has 5 atom stereocenters. The number of ether oxygens (including phenoxy) is 7. The highest BCUT2D eigenvalue weighted by molar-refractivity contribution is 6.30. The quantitative estimate of drug-likeness (QED) is 0.0346. The topological polar surface area (TPSA) is 299 Å². The summed E-state index contributed by atoms with van der Waals surface area (Å²) in [4.78, 5) is 59.6. The molecule has 1 aromatic carbocycles. The summed E-state index contributed by atoms with van der Waals surface area (Å²) in [5, 5.41) is 62.6. The van der Waals surface area contributed by atoms with Crippen LogP contribution in [0.15, 0.2) is 24.3 Å². The Morgan fingerprint density at radius 2 is 1.29 bits per heavy atom. The van der Waals surface area contributed by atoms with Crippen LogP contribution in [0.4, 0.5) is 9.59 Å². The largest absolute Gasteiger partial charge is 0.477 e. The first-order valence-corrected chi connectivity index (χ1v) is 20.8. The maximum atomic E-state index is 12.4. The minimum Gasteiger partial charge on any atom is -0.477 e. The molecular weight excluding hydrogens is 844 g/mol. The third-order valence-corrected chi connectivity index (χ3v) is 8.58. The smallest absolute Gasteiger partial charge is 0.407 e. The number of unbranched alkanes of at least 4 members (excludes halogenated alkanes) is 3. The summed E-state index contributed by atoms with van der Waals surface area (Å²) in [6, 6.07) is 4.74. The van der Waals surface area contributed by atoms with Gasteiger partial charge in [0.25, 0.3) is 11.7 Å². The van der Waals surface area contributed by atoms with E-state index in [-0.39, 0.29) is 25.4 Å². The average molecular weight is 911 g/mol. The maximum Gasteiger partial charge on any atom is 0.407 e. The number of aliphatic hydroxyl groups excluding tert-OH is 3. The fraction of sp³-hybridized carbons (Fsp3) is 0.725. The lowest BCUT2D eigenvalue weighted by Gasteiger charge is -2.32. The van der Waals surface area contributed by atoms with E-state index in [0.29, 0.717) is 90.0 Å². The highest BCUT2D eigenvalue weighted by Gasteiger charge is 2.42. The molecule has 0 radical (unpaired) electrons. The number of hydrogen-bond acceptors (Lipinski definition) is 16. The van der Waals surface area contributed by atoms with Gasteiger partial charge in [0.15, 0.2) is 0 Å². The van der Waals surface area contributed by atoms with Gasteiger partial charge in [-0.15, -0.1) is 0 Å². The van der Waals surface area contributed by atoms with Crippen molar-refractivity contribution in [3.05, 3.63) is 34.9 Å². The molecule has 0 bridgehead atoms. The standard InChI is InChI=1S/C40H67ClN4O17/c1-28(46)45-31(25-32(47)34(49)27-44-35(50)29-10-9-11-30(41)24-29)33(48)26-40(55,36(51)52)61-14-8-6-5-7-12-42-37(53)60-23-22-59-21-20-58-19-18-57-17-16-56-15-13-43-38(54)62-39(2,3)4/h9-11,24,31-34,47-49,55H,5-8,12-23,25-27H2,1-4H3,(H,42,53)(H,43,54)(H,44,50)(H,45,46)(H,51,52)/t31-,32-,33-,34+,40-/m0/s1. The van der Waals surface area contributed by atoms with Crippen LogP contribution in [0.25, 0.3) is 0 Å². The fourth-order valence-electron chi connectivity index (χ4n) is 5.25. The van der Waals surface area contributed by atoms with E-state index in [4.69, 9.17) is 44.8 Å². The van der Waals surface area contributed by atoms with Crippen LogP contribution in [-0.4, -0.2) is 177 Å². The number of alkyl carbamates (subject to hydrolysis) is 2. The monoisotopic (exact) mass is 910 g/mol. The van der Waals surface area contributed by atoms with Gasteiger partial charge in [0.05, 0.1) is 83.8 Å². The summed E-state index contributed by atoms with van der Waals surface area (Å²) in [6.07, 6.45) is -5.25.